The zero-order valence-corrected chi connectivity index (χ0v) is 11.3. The first-order valence-corrected chi connectivity index (χ1v) is 6.46. The highest BCUT2D eigenvalue weighted by Crippen LogP contribution is 2.21. The molecular formula is C14H21N3O. The van der Waals surface area contributed by atoms with Gasteiger partial charge in [0.2, 0.25) is 0 Å². The molecule has 2 aromatic heterocycles. The average molecular weight is 247 g/mol. The van der Waals surface area contributed by atoms with Crippen LogP contribution in [0.3, 0.4) is 0 Å². The third-order valence-corrected chi connectivity index (χ3v) is 3.05. The Balaban J connectivity index is 2.16. The van der Waals surface area contributed by atoms with Crippen molar-refractivity contribution in [1.29, 1.82) is 0 Å². The van der Waals surface area contributed by atoms with Crippen molar-refractivity contribution in [2.45, 2.75) is 32.7 Å². The summed E-state index contributed by atoms with van der Waals surface area (Å²) in [6, 6.07) is 4.22. The van der Waals surface area contributed by atoms with E-state index in [-0.39, 0.29) is 6.04 Å². The molecule has 2 aromatic rings. The summed E-state index contributed by atoms with van der Waals surface area (Å²) >= 11 is 0. The van der Waals surface area contributed by atoms with E-state index < -0.39 is 0 Å². The van der Waals surface area contributed by atoms with Crippen molar-refractivity contribution in [3.05, 3.63) is 41.6 Å². The fraction of sp³-hybridized carbons (Fsp3) is 0.500. The Morgan fingerprint density at radius 2 is 2.33 bits per heavy atom. The molecule has 0 aliphatic heterocycles. The number of hydrogen-bond donors (Lipinski definition) is 1. The van der Waals surface area contributed by atoms with Gasteiger partial charge in [0.1, 0.15) is 5.76 Å². The minimum atomic E-state index is 0.268. The normalized spacial score (nSPS) is 12.8. The highest BCUT2D eigenvalue weighted by atomic mass is 16.3. The first kappa shape index (κ1) is 12.9. The van der Waals surface area contributed by atoms with Crippen LogP contribution >= 0.6 is 0 Å². The molecule has 0 radical (unpaired) electrons. The van der Waals surface area contributed by atoms with Crippen LogP contribution in [0.25, 0.3) is 0 Å². The van der Waals surface area contributed by atoms with Crippen molar-refractivity contribution >= 4 is 0 Å². The standard InChI is InChI=1S/C14H21N3O/c1-4-7-15-14(9-12-6-5-8-18-12)13-10-17(3)16-11(13)2/h5-6,8,10,14-15H,4,7,9H2,1-3H3. The number of rotatable bonds is 6. The Hall–Kier alpha value is -1.55. The molecule has 4 nitrogen and oxygen atoms in total. The van der Waals surface area contributed by atoms with Crippen molar-refractivity contribution in [3.8, 4) is 0 Å². The van der Waals surface area contributed by atoms with Crippen LogP contribution in [-0.4, -0.2) is 16.3 Å². The topological polar surface area (TPSA) is 43.0 Å². The summed E-state index contributed by atoms with van der Waals surface area (Å²) in [5, 5.41) is 7.98. The maximum Gasteiger partial charge on any atom is 0.105 e. The Kier molecular flexibility index (Phi) is 4.20. The van der Waals surface area contributed by atoms with E-state index in [0.717, 1.165) is 30.8 Å². The molecule has 1 N–H and O–H groups in total. The molecule has 0 aromatic carbocycles. The van der Waals surface area contributed by atoms with Crippen LogP contribution in [-0.2, 0) is 13.5 Å². The highest BCUT2D eigenvalue weighted by molar-refractivity contribution is 5.22. The maximum absolute atomic E-state index is 5.44. The van der Waals surface area contributed by atoms with Gasteiger partial charge in [-0.25, -0.2) is 0 Å². The summed E-state index contributed by atoms with van der Waals surface area (Å²) < 4.78 is 7.31. The lowest BCUT2D eigenvalue weighted by Crippen LogP contribution is -2.24. The number of furan rings is 1. The van der Waals surface area contributed by atoms with E-state index in [4.69, 9.17) is 4.42 Å². The van der Waals surface area contributed by atoms with Crippen molar-refractivity contribution in [3.63, 3.8) is 0 Å². The van der Waals surface area contributed by atoms with E-state index in [0.29, 0.717) is 0 Å². The predicted molar refractivity (Wildman–Crippen MR) is 71.4 cm³/mol. The zero-order chi connectivity index (χ0) is 13.0. The van der Waals surface area contributed by atoms with Crippen molar-refractivity contribution in [2.75, 3.05) is 6.54 Å². The second-order valence-electron chi connectivity index (χ2n) is 4.63. The maximum atomic E-state index is 5.44. The Labute approximate surface area is 108 Å². The summed E-state index contributed by atoms with van der Waals surface area (Å²) in [7, 11) is 1.96. The van der Waals surface area contributed by atoms with Gasteiger partial charge in [0.05, 0.1) is 12.0 Å². The van der Waals surface area contributed by atoms with Crippen LogP contribution < -0.4 is 5.32 Å². The Morgan fingerprint density at radius 3 is 2.89 bits per heavy atom. The van der Waals surface area contributed by atoms with E-state index in [9.17, 15) is 0 Å². The fourth-order valence-corrected chi connectivity index (χ4v) is 2.20. The number of nitrogens with one attached hydrogen (secondary N) is 1. The predicted octanol–water partition coefficient (Wildman–Crippen LogP) is 2.60. The summed E-state index contributed by atoms with van der Waals surface area (Å²) in [6.45, 7) is 5.23. The van der Waals surface area contributed by atoms with E-state index in [1.165, 1.54) is 5.56 Å². The first-order chi connectivity index (χ1) is 8.70. The SMILES string of the molecule is CCCNC(Cc1ccco1)c1cn(C)nc1C. The molecule has 1 unspecified atom stereocenters. The lowest BCUT2D eigenvalue weighted by molar-refractivity contribution is 0.448. The molecule has 0 bridgehead atoms. The molecule has 0 saturated heterocycles. The minimum Gasteiger partial charge on any atom is -0.469 e. The summed E-state index contributed by atoms with van der Waals surface area (Å²) in [5.41, 5.74) is 2.33. The van der Waals surface area contributed by atoms with Gasteiger partial charge in [-0.05, 0) is 32.0 Å². The van der Waals surface area contributed by atoms with Crippen LogP contribution in [0.15, 0.2) is 29.0 Å². The summed E-state index contributed by atoms with van der Waals surface area (Å²) in [6.07, 6.45) is 5.79. The molecule has 0 spiro atoms. The summed E-state index contributed by atoms with van der Waals surface area (Å²) in [4.78, 5) is 0. The molecule has 4 heteroatoms. The van der Waals surface area contributed by atoms with E-state index >= 15 is 0 Å². The van der Waals surface area contributed by atoms with Gasteiger partial charge < -0.3 is 9.73 Å². The smallest absolute Gasteiger partial charge is 0.105 e. The Bertz CT molecular complexity index is 473. The number of aryl methyl sites for hydroxylation is 2. The quantitative estimate of drug-likeness (QED) is 0.853. The van der Waals surface area contributed by atoms with Gasteiger partial charge in [-0.3, -0.25) is 4.68 Å². The molecule has 0 amide bonds. The van der Waals surface area contributed by atoms with Crippen molar-refractivity contribution in [1.82, 2.24) is 15.1 Å². The molecule has 0 saturated carbocycles. The molecule has 18 heavy (non-hydrogen) atoms. The van der Waals surface area contributed by atoms with E-state index in [1.807, 2.05) is 23.9 Å². The van der Waals surface area contributed by atoms with Gasteiger partial charge in [0.25, 0.3) is 0 Å². The van der Waals surface area contributed by atoms with E-state index in [2.05, 4.69) is 30.5 Å². The second-order valence-corrected chi connectivity index (χ2v) is 4.63. The lowest BCUT2D eigenvalue weighted by Gasteiger charge is -2.16. The van der Waals surface area contributed by atoms with Crippen LogP contribution in [0.2, 0.25) is 0 Å². The van der Waals surface area contributed by atoms with Gasteiger partial charge in [-0.15, -0.1) is 0 Å². The fourth-order valence-electron chi connectivity index (χ4n) is 2.20. The average Bonchev–Trinajstić information content (AvgIpc) is 2.94. The van der Waals surface area contributed by atoms with Gasteiger partial charge >= 0.3 is 0 Å². The van der Waals surface area contributed by atoms with Crippen LogP contribution in [0.4, 0.5) is 0 Å². The monoisotopic (exact) mass is 247 g/mol. The number of nitrogens with zero attached hydrogens (tertiary/aromatic N) is 2. The molecule has 1 atom stereocenters. The molecule has 2 heterocycles. The van der Waals surface area contributed by atoms with E-state index in [1.54, 1.807) is 6.26 Å². The van der Waals surface area contributed by atoms with Gasteiger partial charge in [-0.2, -0.15) is 5.10 Å². The van der Waals surface area contributed by atoms with Crippen molar-refractivity contribution < 1.29 is 4.42 Å². The zero-order valence-electron chi connectivity index (χ0n) is 11.3. The van der Waals surface area contributed by atoms with Crippen LogP contribution in [0.5, 0.6) is 0 Å². The van der Waals surface area contributed by atoms with Crippen LogP contribution in [0, 0.1) is 6.92 Å². The number of aromatic nitrogens is 2. The minimum absolute atomic E-state index is 0.268. The lowest BCUT2D eigenvalue weighted by atomic mass is 10.0. The largest absolute Gasteiger partial charge is 0.469 e. The third-order valence-electron chi connectivity index (χ3n) is 3.05. The molecule has 2 rings (SSSR count). The van der Waals surface area contributed by atoms with Crippen molar-refractivity contribution in [2.24, 2.45) is 7.05 Å². The van der Waals surface area contributed by atoms with Gasteiger partial charge in [-0.1, -0.05) is 6.92 Å². The first-order valence-electron chi connectivity index (χ1n) is 6.46. The van der Waals surface area contributed by atoms with Crippen LogP contribution in [0.1, 0.15) is 36.4 Å². The second kappa shape index (κ2) is 5.87. The number of hydrogen-bond acceptors (Lipinski definition) is 3. The molecule has 0 fully saturated rings. The molecular weight excluding hydrogens is 226 g/mol. The molecule has 98 valence electrons. The van der Waals surface area contributed by atoms with Gasteiger partial charge in [0.15, 0.2) is 0 Å². The highest BCUT2D eigenvalue weighted by Gasteiger charge is 2.17. The molecule has 0 aliphatic carbocycles. The molecule has 0 aliphatic rings. The summed E-state index contributed by atoms with van der Waals surface area (Å²) in [5.74, 6) is 1.01. The third kappa shape index (κ3) is 3.01. The van der Waals surface area contributed by atoms with Gasteiger partial charge in [0, 0.05) is 31.3 Å². The Morgan fingerprint density at radius 1 is 1.50 bits per heavy atom.